The van der Waals surface area contributed by atoms with E-state index in [1.165, 1.54) is 12.1 Å². The van der Waals surface area contributed by atoms with Crippen LogP contribution in [0.4, 0.5) is 11.5 Å². The van der Waals surface area contributed by atoms with E-state index in [0.29, 0.717) is 19.5 Å². The summed E-state index contributed by atoms with van der Waals surface area (Å²) in [6.07, 6.45) is 17.5. The number of unbranched alkanes of at least 4 members (excludes halogenated alkanes) is 2. The fourth-order valence-corrected chi connectivity index (χ4v) is 7.37. The summed E-state index contributed by atoms with van der Waals surface area (Å²) >= 11 is 0. The monoisotopic (exact) mass is 799 g/mol. The molecule has 1 aromatic carbocycles. The number of aromatic nitrogens is 1. The minimum atomic E-state index is -4.63. The smallest absolute Gasteiger partial charge is 0.327 e. The third kappa shape index (κ3) is 13.6. The van der Waals surface area contributed by atoms with Crippen molar-refractivity contribution in [3.8, 4) is 0 Å². The van der Waals surface area contributed by atoms with Gasteiger partial charge < -0.3 is 24.4 Å². The maximum absolute atomic E-state index is 11.8. The molecule has 0 saturated heterocycles. The Bertz CT molecular complexity index is 1980. The number of hydrogen-bond donors (Lipinski definition) is 2. The summed E-state index contributed by atoms with van der Waals surface area (Å²) in [5, 5.41) is 12.1. The second-order valence-electron chi connectivity index (χ2n) is 13.9. The van der Waals surface area contributed by atoms with Gasteiger partial charge in [-0.3, -0.25) is 4.79 Å². The van der Waals surface area contributed by atoms with Crippen molar-refractivity contribution in [2.45, 2.75) is 110 Å². The Balaban J connectivity index is 0.00000138. The van der Waals surface area contributed by atoms with E-state index in [1.54, 1.807) is 6.07 Å². The highest BCUT2D eigenvalue weighted by atomic mass is 32.2. The van der Waals surface area contributed by atoms with E-state index < -0.39 is 37.4 Å². The van der Waals surface area contributed by atoms with Crippen LogP contribution in [0.3, 0.4) is 0 Å². The van der Waals surface area contributed by atoms with Gasteiger partial charge in [-0.25, -0.2) is 21.4 Å². The molecule has 0 unspecified atom stereocenters. The Hall–Kier alpha value is -3.95. The molecular weight excluding hydrogens is 741 g/mol. The normalized spacial score (nSPS) is 16.5. The lowest BCUT2D eigenvalue weighted by Gasteiger charge is -2.27. The fraction of sp³-hybridized carbons (Fsp3) is 0.488. The molecule has 0 atom stereocenters. The largest absolute Gasteiger partial charge is 0.748 e. The number of carbonyl (C=O) groups is 1. The molecule has 0 radical (unpaired) electrons. The number of aliphatic carboxylic acids is 1. The molecule has 3 heterocycles. The van der Waals surface area contributed by atoms with E-state index in [1.807, 2.05) is 93.1 Å². The molecule has 0 aliphatic carbocycles. The molecule has 2 N–H and O–H groups in total. The molecule has 14 heteroatoms. The van der Waals surface area contributed by atoms with Gasteiger partial charge in [-0.2, -0.15) is 0 Å². The number of carboxylic acid groups (broad SMARTS) is 1. The van der Waals surface area contributed by atoms with Crippen LogP contribution in [0.2, 0.25) is 0 Å². The average molecular weight is 800 g/mol. The van der Waals surface area contributed by atoms with Crippen LogP contribution in [0.1, 0.15) is 98.6 Å². The van der Waals surface area contributed by atoms with E-state index >= 15 is 0 Å². The third-order valence-corrected chi connectivity index (χ3v) is 10.9. The summed E-state index contributed by atoms with van der Waals surface area (Å²) in [7, 11) is -8.91. The van der Waals surface area contributed by atoms with Crippen LogP contribution in [0.25, 0.3) is 0 Å². The molecule has 1 aromatic heterocycles. The van der Waals surface area contributed by atoms with Gasteiger partial charge in [0, 0.05) is 35.5 Å². The molecule has 0 bridgehead atoms. The SMILES string of the molecule is CC.CC1(C)C(/C=C/C=C/C=C/C=C2\N(CCCCCC(=O)O)c3ccc(S(=O)(=O)[O-])cc3C2(C)C)=Nc2c1ccc[n+]2CCCS(=O)(=O)[O-].CCNCC. The van der Waals surface area contributed by atoms with Crippen LogP contribution in [-0.2, 0) is 42.4 Å². The quantitative estimate of drug-likeness (QED) is 0.0746. The zero-order valence-electron chi connectivity index (χ0n) is 33.5. The number of pyridine rings is 1. The number of anilines is 1. The fourth-order valence-electron chi connectivity index (χ4n) is 6.39. The molecule has 2 aliphatic heterocycles. The number of nitrogens with zero attached hydrogens (tertiary/aromatic N) is 3. The van der Waals surface area contributed by atoms with Crippen LogP contribution < -0.4 is 14.8 Å². The van der Waals surface area contributed by atoms with Gasteiger partial charge >= 0.3 is 11.8 Å². The minimum Gasteiger partial charge on any atom is -0.748 e. The highest BCUT2D eigenvalue weighted by Gasteiger charge is 2.42. The van der Waals surface area contributed by atoms with Gasteiger partial charge in [0.05, 0.1) is 38.7 Å². The predicted molar refractivity (Wildman–Crippen MR) is 218 cm³/mol. The number of carboxylic acids is 1. The number of aliphatic imine (C=N–C) groups is 1. The zero-order chi connectivity index (χ0) is 41.5. The van der Waals surface area contributed by atoms with Crippen molar-refractivity contribution >= 4 is 43.4 Å². The Morgan fingerprint density at radius 3 is 2.15 bits per heavy atom. The minimum absolute atomic E-state index is 0.106. The Kier molecular flexibility index (Phi) is 18.3. The summed E-state index contributed by atoms with van der Waals surface area (Å²) < 4.78 is 70.3. The van der Waals surface area contributed by atoms with E-state index in [-0.39, 0.29) is 23.2 Å². The van der Waals surface area contributed by atoms with Crippen LogP contribution in [0.5, 0.6) is 0 Å². The first-order chi connectivity index (χ1) is 25.8. The molecule has 2 aromatic rings. The number of allylic oxidation sites excluding steroid dienone is 8. The standard InChI is InChI=1S/C35H43N3O8S2.C4H11N.C2H6/c1-34(2)27-15-13-21-37(22-14-24-47(41,42)43)33(27)36-30(34)16-9-6-5-7-10-17-31-35(3,4)28-25-26(48(44,45)46)19-20-29(28)38(31)23-12-8-11-18-32(39)40;1-3-5-4-2;1-2/h5-7,9-10,13,15-17,19-21,25H,8,11-12,14,18,22-24H2,1-4H3,(H2-,39,40,41,42,43,44,45,46);5H,3-4H2,1-2H3;1-2H3/p-1. The van der Waals surface area contributed by atoms with Crippen molar-refractivity contribution in [3.63, 3.8) is 0 Å². The van der Waals surface area contributed by atoms with Gasteiger partial charge in [-0.1, -0.05) is 78.3 Å². The van der Waals surface area contributed by atoms with Gasteiger partial charge in [-0.05, 0) is 99.2 Å². The van der Waals surface area contributed by atoms with Crippen molar-refractivity contribution in [1.82, 2.24) is 5.32 Å². The number of rotatable bonds is 17. The molecule has 12 nitrogen and oxygen atoms in total. The molecule has 2 aliphatic rings. The molecule has 304 valence electrons. The van der Waals surface area contributed by atoms with Crippen molar-refractivity contribution in [2.75, 3.05) is 30.3 Å². The number of fused-ring (bicyclic) bond motifs is 2. The molecule has 55 heavy (non-hydrogen) atoms. The van der Waals surface area contributed by atoms with Crippen LogP contribution in [0, 0.1) is 0 Å². The molecule has 0 fully saturated rings. The third-order valence-electron chi connectivity index (χ3n) is 9.25. The van der Waals surface area contributed by atoms with Crippen LogP contribution in [-0.4, -0.2) is 68.1 Å². The zero-order valence-corrected chi connectivity index (χ0v) is 35.2. The first-order valence-corrected chi connectivity index (χ1v) is 21.9. The first kappa shape index (κ1) is 47.2. The molecule has 0 saturated carbocycles. The Morgan fingerprint density at radius 2 is 1.55 bits per heavy atom. The maximum atomic E-state index is 11.8. The maximum Gasteiger partial charge on any atom is 0.327 e. The van der Waals surface area contributed by atoms with E-state index in [0.717, 1.165) is 60.0 Å². The summed E-state index contributed by atoms with van der Waals surface area (Å²) in [5.74, 6) is -0.514. The van der Waals surface area contributed by atoms with Crippen molar-refractivity contribution in [1.29, 1.82) is 0 Å². The predicted octanol–water partition coefficient (Wildman–Crippen LogP) is 6.81. The molecular formula is C41H59N4O8S2-. The number of hydrogen-bond acceptors (Lipinski definition) is 10. The number of benzene rings is 1. The van der Waals surface area contributed by atoms with Crippen LogP contribution in [0.15, 0.2) is 94.6 Å². The van der Waals surface area contributed by atoms with Crippen LogP contribution >= 0.6 is 0 Å². The summed E-state index contributed by atoms with van der Waals surface area (Å²) in [4.78, 5) is 17.6. The topological polar surface area (TPSA) is 183 Å². The van der Waals surface area contributed by atoms with Gasteiger partial charge in [0.1, 0.15) is 10.1 Å². The Morgan fingerprint density at radius 1 is 0.891 bits per heavy atom. The molecule has 0 spiro atoms. The highest BCUT2D eigenvalue weighted by Crippen LogP contribution is 2.48. The van der Waals surface area contributed by atoms with E-state index in [9.17, 15) is 30.7 Å². The highest BCUT2D eigenvalue weighted by molar-refractivity contribution is 7.86. The van der Waals surface area contributed by atoms with E-state index in [2.05, 4.69) is 37.9 Å². The molecule has 4 rings (SSSR count). The average Bonchev–Trinajstić information content (AvgIpc) is 3.49. The lowest BCUT2D eigenvalue weighted by molar-refractivity contribution is -0.684. The van der Waals surface area contributed by atoms with E-state index in [4.69, 9.17) is 10.1 Å². The van der Waals surface area contributed by atoms with Crippen molar-refractivity contribution in [3.05, 3.63) is 95.9 Å². The second-order valence-corrected chi connectivity index (χ2v) is 16.8. The summed E-state index contributed by atoms with van der Waals surface area (Å²) in [5.41, 5.74) is 3.37. The van der Waals surface area contributed by atoms with Gasteiger partial charge in [-0.15, -0.1) is 0 Å². The first-order valence-electron chi connectivity index (χ1n) is 18.9. The van der Waals surface area contributed by atoms with Crippen molar-refractivity contribution < 1.29 is 40.4 Å². The number of aryl methyl sites for hydroxylation is 1. The summed E-state index contributed by atoms with van der Waals surface area (Å²) in [6.45, 7) is 19.5. The van der Waals surface area contributed by atoms with Crippen molar-refractivity contribution in [2.24, 2.45) is 4.99 Å². The Labute approximate surface area is 329 Å². The van der Waals surface area contributed by atoms with Gasteiger partial charge in [0.25, 0.3) is 0 Å². The number of nitrogens with one attached hydrogen (secondary N) is 1. The summed E-state index contributed by atoms with van der Waals surface area (Å²) in [6, 6.07) is 8.34. The molecule has 0 amide bonds. The second kappa shape index (κ2) is 21.4. The lowest BCUT2D eigenvalue weighted by atomic mass is 9.82. The lowest BCUT2D eigenvalue weighted by Crippen LogP contribution is -2.35. The van der Waals surface area contributed by atoms with Gasteiger partial charge in [0.2, 0.25) is 0 Å². The van der Waals surface area contributed by atoms with Gasteiger partial charge in [0.15, 0.2) is 5.71 Å².